The van der Waals surface area contributed by atoms with E-state index in [4.69, 9.17) is 0 Å². The first kappa shape index (κ1) is 30.4. The van der Waals surface area contributed by atoms with Gasteiger partial charge in [-0.3, -0.25) is 0 Å². The monoisotopic (exact) mass is 498 g/mol. The second-order valence-electron chi connectivity index (χ2n) is 10.6. The van der Waals surface area contributed by atoms with Gasteiger partial charge >= 0.3 is 0 Å². The first-order chi connectivity index (χ1) is 17.7. The Balaban J connectivity index is 1.68. The lowest BCUT2D eigenvalue weighted by atomic mass is 10.1. The maximum atomic E-state index is 10.5. The molecule has 0 aliphatic rings. The Hall–Kier alpha value is -1.78. The fourth-order valence-electron chi connectivity index (χ4n) is 4.88. The van der Waals surface area contributed by atoms with E-state index in [2.05, 4.69) is 38.1 Å². The SMILES string of the molecule is CCCCCCCCCCC(O)[n+]1ccc(-c2cc[n+](C(O)CCCCCCCCCC)cc2)cc1. The number of pyridine rings is 2. The fraction of sp³-hybridized carbons (Fsp3) is 0.688. The molecule has 36 heavy (non-hydrogen) atoms. The zero-order valence-electron chi connectivity index (χ0n) is 23.3. The highest BCUT2D eigenvalue weighted by Crippen LogP contribution is 2.18. The highest BCUT2D eigenvalue weighted by molar-refractivity contribution is 5.60. The fourth-order valence-corrected chi connectivity index (χ4v) is 4.88. The Morgan fingerprint density at radius 1 is 0.472 bits per heavy atom. The molecule has 0 saturated heterocycles. The number of rotatable bonds is 21. The van der Waals surface area contributed by atoms with Crippen LogP contribution in [0.5, 0.6) is 0 Å². The van der Waals surface area contributed by atoms with Crippen LogP contribution in [-0.4, -0.2) is 10.2 Å². The molecule has 202 valence electrons. The van der Waals surface area contributed by atoms with E-state index in [0.717, 1.165) is 36.8 Å². The van der Waals surface area contributed by atoms with Gasteiger partial charge in [0, 0.05) is 37.1 Å². The Morgan fingerprint density at radius 2 is 0.750 bits per heavy atom. The Labute approximate surface area is 221 Å². The largest absolute Gasteiger partial charge is 0.337 e. The summed E-state index contributed by atoms with van der Waals surface area (Å²) in [6.45, 7) is 4.51. The molecule has 0 aliphatic carbocycles. The van der Waals surface area contributed by atoms with Gasteiger partial charge < -0.3 is 10.2 Å². The molecule has 2 N–H and O–H groups in total. The summed E-state index contributed by atoms with van der Waals surface area (Å²) in [6.07, 6.45) is 29.1. The summed E-state index contributed by atoms with van der Waals surface area (Å²) in [5, 5.41) is 21.1. The summed E-state index contributed by atoms with van der Waals surface area (Å²) in [4.78, 5) is 0. The van der Waals surface area contributed by atoms with Crippen molar-refractivity contribution >= 4 is 0 Å². The Kier molecular flexibility index (Phi) is 16.4. The van der Waals surface area contributed by atoms with E-state index < -0.39 is 12.5 Å². The molecule has 0 bridgehead atoms. The summed E-state index contributed by atoms with van der Waals surface area (Å²) >= 11 is 0. The van der Waals surface area contributed by atoms with Crippen molar-refractivity contribution in [1.82, 2.24) is 0 Å². The molecule has 0 amide bonds. The molecule has 2 unspecified atom stereocenters. The van der Waals surface area contributed by atoms with Crippen molar-refractivity contribution < 1.29 is 19.3 Å². The second-order valence-corrected chi connectivity index (χ2v) is 10.6. The molecule has 0 saturated carbocycles. The highest BCUT2D eigenvalue weighted by Gasteiger charge is 2.16. The van der Waals surface area contributed by atoms with Crippen LogP contribution in [-0.2, 0) is 0 Å². The molecule has 0 aliphatic heterocycles. The molecule has 0 aromatic carbocycles. The van der Waals surface area contributed by atoms with Gasteiger partial charge in [-0.25, -0.2) is 0 Å². The van der Waals surface area contributed by atoms with Gasteiger partial charge in [0.05, 0.1) is 0 Å². The zero-order chi connectivity index (χ0) is 25.8. The zero-order valence-corrected chi connectivity index (χ0v) is 23.3. The average molecular weight is 499 g/mol. The van der Waals surface area contributed by atoms with Gasteiger partial charge in [-0.05, 0) is 24.0 Å². The molecule has 2 rings (SSSR count). The normalized spacial score (nSPS) is 13.1. The Bertz CT molecular complexity index is 708. The predicted octanol–water partition coefficient (Wildman–Crippen LogP) is 7.97. The molecular formula is C32H54N2O2+2. The van der Waals surface area contributed by atoms with Crippen LogP contribution < -0.4 is 9.13 Å². The van der Waals surface area contributed by atoms with Crippen molar-refractivity contribution in [1.29, 1.82) is 0 Å². The van der Waals surface area contributed by atoms with Gasteiger partial charge in [-0.2, -0.15) is 9.13 Å². The first-order valence-corrected chi connectivity index (χ1v) is 15.0. The van der Waals surface area contributed by atoms with Crippen LogP contribution in [0, 0.1) is 0 Å². The summed E-state index contributed by atoms with van der Waals surface area (Å²) in [6, 6.07) is 8.25. The van der Waals surface area contributed by atoms with Crippen LogP contribution in [0.4, 0.5) is 0 Å². The van der Waals surface area contributed by atoms with Gasteiger partial charge in [0.15, 0.2) is 24.8 Å². The molecule has 4 heteroatoms. The number of hydrogen-bond donors (Lipinski definition) is 2. The van der Waals surface area contributed by atoms with E-state index in [0.29, 0.717) is 0 Å². The molecule has 4 nitrogen and oxygen atoms in total. The second kappa shape index (κ2) is 19.3. The van der Waals surface area contributed by atoms with Crippen LogP contribution >= 0.6 is 0 Å². The summed E-state index contributed by atoms with van der Waals surface area (Å²) in [5.41, 5.74) is 2.24. The van der Waals surface area contributed by atoms with Crippen molar-refractivity contribution in [3.05, 3.63) is 49.1 Å². The van der Waals surface area contributed by atoms with Gasteiger partial charge in [0.25, 0.3) is 12.5 Å². The van der Waals surface area contributed by atoms with Crippen LogP contribution in [0.1, 0.15) is 142 Å². The standard InChI is InChI=1S/C32H54N2O2/c1-3-5-7-9-11-13-15-17-19-31(35)33-25-21-29(22-26-33)30-23-27-34(28-24-30)32(36)20-18-16-14-12-10-8-6-4-2/h21-28,31-32,35-36H,3-20H2,1-2H3/q+2. The predicted molar refractivity (Wildman–Crippen MR) is 149 cm³/mol. The van der Waals surface area contributed by atoms with Crippen molar-refractivity contribution in [2.75, 3.05) is 0 Å². The van der Waals surface area contributed by atoms with Crippen molar-refractivity contribution in [3.63, 3.8) is 0 Å². The van der Waals surface area contributed by atoms with Crippen LogP contribution in [0.3, 0.4) is 0 Å². The number of hydrogen-bond acceptors (Lipinski definition) is 2. The third-order valence-corrected chi connectivity index (χ3v) is 7.36. The van der Waals surface area contributed by atoms with Gasteiger partial charge in [0.2, 0.25) is 0 Å². The molecule has 2 heterocycles. The van der Waals surface area contributed by atoms with E-state index in [1.165, 1.54) is 89.9 Å². The molecule has 2 atom stereocenters. The molecular weight excluding hydrogens is 444 g/mol. The van der Waals surface area contributed by atoms with Crippen molar-refractivity contribution in [2.24, 2.45) is 0 Å². The smallest absolute Gasteiger partial charge is 0.259 e. The first-order valence-electron chi connectivity index (χ1n) is 15.0. The third kappa shape index (κ3) is 12.5. The number of nitrogens with zero attached hydrogens (tertiary/aromatic N) is 2. The van der Waals surface area contributed by atoms with Crippen molar-refractivity contribution in [2.45, 2.75) is 142 Å². The van der Waals surface area contributed by atoms with Crippen LogP contribution in [0.2, 0.25) is 0 Å². The third-order valence-electron chi connectivity index (χ3n) is 7.36. The van der Waals surface area contributed by atoms with E-state index in [-0.39, 0.29) is 0 Å². The summed E-state index contributed by atoms with van der Waals surface area (Å²) in [7, 11) is 0. The Morgan fingerprint density at radius 3 is 1.06 bits per heavy atom. The lowest BCUT2D eigenvalue weighted by Gasteiger charge is -2.08. The van der Waals surface area contributed by atoms with E-state index >= 15 is 0 Å². The molecule has 2 aromatic rings. The van der Waals surface area contributed by atoms with E-state index in [1.54, 1.807) is 0 Å². The number of unbranched alkanes of at least 4 members (excludes halogenated alkanes) is 14. The number of aromatic nitrogens is 2. The lowest BCUT2D eigenvalue weighted by Crippen LogP contribution is -2.39. The molecule has 0 radical (unpaired) electrons. The minimum absolute atomic E-state index is 0.455. The molecule has 0 fully saturated rings. The van der Waals surface area contributed by atoms with Gasteiger partial charge in [-0.1, -0.05) is 104 Å². The minimum atomic E-state index is -0.455. The summed E-state index contributed by atoms with van der Waals surface area (Å²) < 4.78 is 3.81. The number of aliphatic hydroxyl groups excluding tert-OH is 2. The van der Waals surface area contributed by atoms with Gasteiger partial charge in [0.1, 0.15) is 0 Å². The van der Waals surface area contributed by atoms with E-state index in [9.17, 15) is 10.2 Å². The molecule has 0 spiro atoms. The number of aliphatic hydroxyl groups is 2. The summed E-state index contributed by atoms with van der Waals surface area (Å²) in [5.74, 6) is 0. The molecule has 2 aromatic heterocycles. The van der Waals surface area contributed by atoms with E-state index in [1.807, 2.05) is 33.9 Å². The minimum Gasteiger partial charge on any atom is -0.337 e. The maximum Gasteiger partial charge on any atom is 0.259 e. The quantitative estimate of drug-likeness (QED) is 0.135. The van der Waals surface area contributed by atoms with Crippen LogP contribution in [0.15, 0.2) is 49.1 Å². The maximum absolute atomic E-state index is 10.5. The lowest BCUT2D eigenvalue weighted by molar-refractivity contribution is -0.760. The topological polar surface area (TPSA) is 48.2 Å². The van der Waals surface area contributed by atoms with Crippen molar-refractivity contribution in [3.8, 4) is 11.1 Å². The average Bonchev–Trinajstić information content (AvgIpc) is 2.91. The highest BCUT2D eigenvalue weighted by atomic mass is 16.3. The van der Waals surface area contributed by atoms with Crippen LogP contribution in [0.25, 0.3) is 11.1 Å². The van der Waals surface area contributed by atoms with Gasteiger partial charge in [-0.15, -0.1) is 0 Å².